The average Bonchev–Trinajstić information content (AvgIpc) is 2.40. The van der Waals surface area contributed by atoms with Crippen LogP contribution in [0.3, 0.4) is 0 Å². The molecule has 0 unspecified atom stereocenters. The molecule has 0 saturated carbocycles. The first-order valence-corrected chi connectivity index (χ1v) is 7.02. The summed E-state index contributed by atoms with van der Waals surface area (Å²) in [7, 11) is 0. The van der Waals surface area contributed by atoms with Crippen molar-refractivity contribution in [2.45, 2.75) is 6.92 Å². The topological polar surface area (TPSA) is 25.8 Å². The highest BCUT2D eigenvalue weighted by Gasteiger charge is 2.13. The van der Waals surface area contributed by atoms with Crippen LogP contribution in [0.2, 0.25) is 5.15 Å². The minimum Gasteiger partial charge on any atom is -0.148 e. The maximum atomic E-state index is 6.16. The fourth-order valence-corrected chi connectivity index (χ4v) is 3.08. The van der Waals surface area contributed by atoms with E-state index in [0.29, 0.717) is 5.15 Å². The fourth-order valence-electron chi connectivity index (χ4n) is 2.17. The maximum Gasteiger partial charge on any atom is 0.160 e. The first-order chi connectivity index (χ1) is 9.18. The summed E-state index contributed by atoms with van der Waals surface area (Å²) < 4.78 is 0.930. The molecule has 0 aliphatic rings. The highest BCUT2D eigenvalue weighted by atomic mass is 79.9. The molecule has 0 bridgehead atoms. The Balaban J connectivity index is 2.41. The van der Waals surface area contributed by atoms with Crippen LogP contribution in [0.25, 0.3) is 22.0 Å². The monoisotopic (exact) mass is 332 g/mol. The van der Waals surface area contributed by atoms with Crippen molar-refractivity contribution < 1.29 is 0 Å². The Morgan fingerprint density at radius 1 is 1.00 bits per heavy atom. The number of halogens is 2. The predicted molar refractivity (Wildman–Crippen MR) is 82.4 cm³/mol. The number of fused-ring (bicyclic) bond motifs is 1. The van der Waals surface area contributed by atoms with E-state index in [1.54, 1.807) is 0 Å². The van der Waals surface area contributed by atoms with Gasteiger partial charge in [0.1, 0.15) is 5.69 Å². The molecule has 2 nitrogen and oxygen atoms in total. The maximum absolute atomic E-state index is 6.16. The third kappa shape index (κ3) is 2.13. The van der Waals surface area contributed by atoms with Crippen molar-refractivity contribution >= 4 is 38.3 Å². The molecule has 0 saturated heterocycles. The quantitative estimate of drug-likeness (QED) is 0.625. The van der Waals surface area contributed by atoms with Crippen LogP contribution in [-0.4, -0.2) is 10.2 Å². The van der Waals surface area contributed by atoms with Gasteiger partial charge >= 0.3 is 0 Å². The highest BCUT2D eigenvalue weighted by molar-refractivity contribution is 9.10. The summed E-state index contributed by atoms with van der Waals surface area (Å²) in [5.74, 6) is 0. The van der Waals surface area contributed by atoms with E-state index in [-0.39, 0.29) is 0 Å². The van der Waals surface area contributed by atoms with Crippen LogP contribution in [0.1, 0.15) is 5.56 Å². The lowest BCUT2D eigenvalue weighted by Gasteiger charge is -2.09. The SMILES string of the molecule is Cc1ccccc1-c1nnc(Cl)c2c(Br)cccc12. The molecule has 0 fully saturated rings. The summed E-state index contributed by atoms with van der Waals surface area (Å²) in [6, 6.07) is 14.1. The Morgan fingerprint density at radius 3 is 2.58 bits per heavy atom. The van der Waals surface area contributed by atoms with Gasteiger partial charge in [-0.15, -0.1) is 10.2 Å². The van der Waals surface area contributed by atoms with E-state index in [0.717, 1.165) is 26.5 Å². The highest BCUT2D eigenvalue weighted by Crippen LogP contribution is 2.35. The number of hydrogen-bond donors (Lipinski definition) is 0. The minimum atomic E-state index is 0.416. The molecule has 0 amide bonds. The second-order valence-corrected chi connectivity index (χ2v) is 5.53. The van der Waals surface area contributed by atoms with Gasteiger partial charge in [0, 0.05) is 20.8 Å². The van der Waals surface area contributed by atoms with Crippen LogP contribution in [0, 0.1) is 6.92 Å². The van der Waals surface area contributed by atoms with Crippen LogP contribution in [-0.2, 0) is 0 Å². The number of aryl methyl sites for hydroxylation is 1. The standard InChI is InChI=1S/C15H10BrClN2/c1-9-5-2-3-6-10(9)14-11-7-4-8-12(16)13(11)15(17)19-18-14/h2-8H,1H3. The first kappa shape index (κ1) is 12.6. The molecule has 0 atom stereocenters. The molecule has 94 valence electrons. The van der Waals surface area contributed by atoms with Crippen molar-refractivity contribution in [1.29, 1.82) is 0 Å². The Bertz CT molecular complexity index is 763. The van der Waals surface area contributed by atoms with Crippen molar-refractivity contribution in [3.63, 3.8) is 0 Å². The van der Waals surface area contributed by atoms with Crippen molar-refractivity contribution in [3.05, 3.63) is 57.7 Å². The molecule has 4 heteroatoms. The Labute approximate surface area is 124 Å². The molecule has 0 N–H and O–H groups in total. The molecule has 0 radical (unpaired) electrons. The summed E-state index contributed by atoms with van der Waals surface area (Å²) in [5, 5.41) is 10.7. The van der Waals surface area contributed by atoms with E-state index in [2.05, 4.69) is 39.1 Å². The van der Waals surface area contributed by atoms with Gasteiger partial charge in [0.05, 0.1) is 0 Å². The van der Waals surface area contributed by atoms with Gasteiger partial charge in [-0.3, -0.25) is 0 Å². The molecular weight excluding hydrogens is 324 g/mol. The van der Waals surface area contributed by atoms with Crippen LogP contribution in [0.15, 0.2) is 46.9 Å². The molecular formula is C15H10BrClN2. The van der Waals surface area contributed by atoms with Gasteiger partial charge in [0.15, 0.2) is 5.15 Å². The van der Waals surface area contributed by atoms with Crippen LogP contribution < -0.4 is 0 Å². The molecule has 3 rings (SSSR count). The molecule has 3 aromatic rings. The summed E-state index contributed by atoms with van der Waals surface area (Å²) in [6.45, 7) is 2.06. The Morgan fingerprint density at radius 2 is 1.79 bits per heavy atom. The average molecular weight is 334 g/mol. The third-order valence-corrected chi connectivity index (χ3v) is 4.04. The molecule has 19 heavy (non-hydrogen) atoms. The largest absolute Gasteiger partial charge is 0.160 e. The number of rotatable bonds is 1. The lowest BCUT2D eigenvalue weighted by Crippen LogP contribution is -1.93. The van der Waals surface area contributed by atoms with E-state index >= 15 is 0 Å². The fraction of sp³-hybridized carbons (Fsp3) is 0.0667. The van der Waals surface area contributed by atoms with E-state index < -0.39 is 0 Å². The van der Waals surface area contributed by atoms with Crippen LogP contribution >= 0.6 is 27.5 Å². The zero-order chi connectivity index (χ0) is 13.4. The van der Waals surface area contributed by atoms with E-state index in [4.69, 9.17) is 11.6 Å². The number of nitrogens with zero attached hydrogens (tertiary/aromatic N) is 2. The van der Waals surface area contributed by atoms with Gasteiger partial charge in [-0.1, -0.05) is 63.9 Å². The smallest absolute Gasteiger partial charge is 0.148 e. The van der Waals surface area contributed by atoms with Crippen molar-refractivity contribution in [1.82, 2.24) is 10.2 Å². The van der Waals surface area contributed by atoms with E-state index in [1.807, 2.05) is 36.4 Å². The summed E-state index contributed by atoms with van der Waals surface area (Å²) in [4.78, 5) is 0. The molecule has 0 aliphatic carbocycles. The summed E-state index contributed by atoms with van der Waals surface area (Å²) in [6.07, 6.45) is 0. The van der Waals surface area contributed by atoms with Gasteiger partial charge in [-0.05, 0) is 18.6 Å². The van der Waals surface area contributed by atoms with Crippen molar-refractivity contribution in [3.8, 4) is 11.3 Å². The third-order valence-electron chi connectivity index (χ3n) is 3.11. The van der Waals surface area contributed by atoms with Gasteiger partial charge in [-0.25, -0.2) is 0 Å². The second kappa shape index (κ2) is 4.91. The zero-order valence-corrected chi connectivity index (χ0v) is 12.5. The predicted octanol–water partition coefficient (Wildman–Crippen LogP) is 5.02. The lowest BCUT2D eigenvalue weighted by atomic mass is 10.0. The van der Waals surface area contributed by atoms with Crippen molar-refractivity contribution in [2.24, 2.45) is 0 Å². The Kier molecular flexibility index (Phi) is 3.25. The molecule has 0 aliphatic heterocycles. The van der Waals surface area contributed by atoms with Gasteiger partial charge in [0.2, 0.25) is 0 Å². The van der Waals surface area contributed by atoms with E-state index in [9.17, 15) is 0 Å². The molecule has 0 spiro atoms. The number of aromatic nitrogens is 2. The van der Waals surface area contributed by atoms with E-state index in [1.165, 1.54) is 5.56 Å². The molecule has 1 aromatic heterocycles. The normalized spacial score (nSPS) is 10.9. The molecule has 1 heterocycles. The van der Waals surface area contributed by atoms with Gasteiger partial charge in [-0.2, -0.15) is 0 Å². The van der Waals surface area contributed by atoms with Crippen LogP contribution in [0.4, 0.5) is 0 Å². The zero-order valence-electron chi connectivity index (χ0n) is 10.2. The number of benzene rings is 2. The summed E-state index contributed by atoms with van der Waals surface area (Å²) >= 11 is 9.68. The Hall–Kier alpha value is -1.45. The van der Waals surface area contributed by atoms with Crippen molar-refractivity contribution in [2.75, 3.05) is 0 Å². The first-order valence-electron chi connectivity index (χ1n) is 5.85. The molecule has 2 aromatic carbocycles. The van der Waals surface area contributed by atoms with Crippen LogP contribution in [0.5, 0.6) is 0 Å². The minimum absolute atomic E-state index is 0.416. The summed E-state index contributed by atoms with van der Waals surface area (Å²) in [5.41, 5.74) is 3.11. The van der Waals surface area contributed by atoms with Gasteiger partial charge < -0.3 is 0 Å². The second-order valence-electron chi connectivity index (χ2n) is 4.32. The van der Waals surface area contributed by atoms with Gasteiger partial charge in [0.25, 0.3) is 0 Å². The number of hydrogen-bond acceptors (Lipinski definition) is 2. The lowest BCUT2D eigenvalue weighted by molar-refractivity contribution is 1.05.